The van der Waals surface area contributed by atoms with Crippen LogP contribution >= 0.6 is 23.2 Å². The van der Waals surface area contributed by atoms with Crippen LogP contribution in [0.15, 0.2) is 18.3 Å². The van der Waals surface area contributed by atoms with Gasteiger partial charge < -0.3 is 15.4 Å². The summed E-state index contributed by atoms with van der Waals surface area (Å²) in [6, 6.07) is 3.22. The molecule has 8 heteroatoms. The van der Waals surface area contributed by atoms with E-state index in [1.807, 2.05) is 4.90 Å². The zero-order valence-corrected chi connectivity index (χ0v) is 13.1. The van der Waals surface area contributed by atoms with Crippen LogP contribution in [0.3, 0.4) is 0 Å². The molecule has 0 bridgehead atoms. The van der Waals surface area contributed by atoms with Gasteiger partial charge in [0, 0.05) is 13.0 Å². The standard InChI is InChI=1S/C14H14Cl2N4O2/c15-9-4-11-12(5-10(9)16)19-14(6-18-11)20-1-2-22-7-8(20)3-13(17)21/h4-6,8H,1-3,7H2,(H2,17,21). The number of carbonyl (C=O) groups is 1. The summed E-state index contributed by atoms with van der Waals surface area (Å²) < 4.78 is 5.42. The third-order valence-corrected chi connectivity index (χ3v) is 4.25. The second-order valence-corrected chi connectivity index (χ2v) is 5.89. The van der Waals surface area contributed by atoms with E-state index < -0.39 is 0 Å². The molecule has 116 valence electrons. The monoisotopic (exact) mass is 340 g/mol. The summed E-state index contributed by atoms with van der Waals surface area (Å²) in [6.07, 6.45) is 1.87. The summed E-state index contributed by atoms with van der Waals surface area (Å²) in [5.41, 5.74) is 6.62. The molecule has 1 amide bonds. The molecule has 0 aliphatic carbocycles. The van der Waals surface area contributed by atoms with Crippen molar-refractivity contribution in [1.82, 2.24) is 9.97 Å². The van der Waals surface area contributed by atoms with Gasteiger partial charge in [0.05, 0.1) is 46.5 Å². The van der Waals surface area contributed by atoms with Crippen LogP contribution in [0, 0.1) is 0 Å². The highest BCUT2D eigenvalue weighted by Crippen LogP contribution is 2.28. The van der Waals surface area contributed by atoms with E-state index in [2.05, 4.69) is 9.97 Å². The minimum Gasteiger partial charge on any atom is -0.377 e. The Labute approximate surface area is 137 Å². The molecule has 2 N–H and O–H groups in total. The molecular weight excluding hydrogens is 327 g/mol. The van der Waals surface area contributed by atoms with Gasteiger partial charge in [-0.2, -0.15) is 0 Å². The minimum atomic E-state index is -0.371. The number of halogens is 2. The fourth-order valence-corrected chi connectivity index (χ4v) is 2.81. The van der Waals surface area contributed by atoms with E-state index >= 15 is 0 Å². The highest BCUT2D eigenvalue weighted by atomic mass is 35.5. The fourth-order valence-electron chi connectivity index (χ4n) is 2.49. The van der Waals surface area contributed by atoms with Crippen LogP contribution in [0.1, 0.15) is 6.42 Å². The van der Waals surface area contributed by atoms with Crippen LogP contribution in [-0.2, 0) is 9.53 Å². The lowest BCUT2D eigenvalue weighted by molar-refractivity contribution is -0.118. The van der Waals surface area contributed by atoms with Gasteiger partial charge in [-0.05, 0) is 12.1 Å². The summed E-state index contributed by atoms with van der Waals surface area (Å²) in [6.45, 7) is 1.62. The maximum Gasteiger partial charge on any atom is 0.219 e. The first-order valence-electron chi connectivity index (χ1n) is 6.79. The number of rotatable bonds is 3. The van der Waals surface area contributed by atoms with E-state index in [9.17, 15) is 4.79 Å². The lowest BCUT2D eigenvalue weighted by Crippen LogP contribution is -2.47. The number of carbonyl (C=O) groups excluding carboxylic acids is 1. The number of nitrogens with zero attached hydrogens (tertiary/aromatic N) is 3. The lowest BCUT2D eigenvalue weighted by Gasteiger charge is -2.35. The molecule has 6 nitrogen and oxygen atoms in total. The predicted octanol–water partition coefficient (Wildman–Crippen LogP) is 2.02. The molecule has 0 saturated carbocycles. The van der Waals surface area contributed by atoms with Crippen LogP contribution in [0.5, 0.6) is 0 Å². The molecule has 1 atom stereocenters. The predicted molar refractivity (Wildman–Crippen MR) is 85.3 cm³/mol. The number of hydrogen-bond donors (Lipinski definition) is 1. The summed E-state index contributed by atoms with van der Waals surface area (Å²) in [7, 11) is 0. The number of anilines is 1. The van der Waals surface area contributed by atoms with Gasteiger partial charge in [0.1, 0.15) is 5.82 Å². The summed E-state index contributed by atoms with van der Waals surface area (Å²) >= 11 is 12.0. The second-order valence-electron chi connectivity index (χ2n) is 5.08. The Morgan fingerprint density at radius 3 is 2.82 bits per heavy atom. The number of aromatic nitrogens is 2. The Bertz CT molecular complexity index is 725. The Balaban J connectivity index is 1.97. The molecule has 1 aromatic carbocycles. The number of hydrogen-bond acceptors (Lipinski definition) is 5. The number of nitrogens with two attached hydrogens (primary N) is 1. The van der Waals surface area contributed by atoms with Crippen molar-refractivity contribution in [3.05, 3.63) is 28.4 Å². The van der Waals surface area contributed by atoms with Crippen molar-refractivity contribution in [3.63, 3.8) is 0 Å². The van der Waals surface area contributed by atoms with Gasteiger partial charge in [0.25, 0.3) is 0 Å². The second kappa shape index (κ2) is 6.24. The Hall–Kier alpha value is -1.63. The number of benzene rings is 1. The molecule has 1 aliphatic rings. The van der Waals surface area contributed by atoms with Gasteiger partial charge in [0.2, 0.25) is 5.91 Å². The molecule has 1 fully saturated rings. The zero-order chi connectivity index (χ0) is 15.7. The van der Waals surface area contributed by atoms with Crippen molar-refractivity contribution in [1.29, 1.82) is 0 Å². The smallest absolute Gasteiger partial charge is 0.219 e. The van der Waals surface area contributed by atoms with Crippen LogP contribution in [0.2, 0.25) is 10.0 Å². The summed E-state index contributed by atoms with van der Waals surface area (Å²) in [4.78, 5) is 22.1. The summed E-state index contributed by atoms with van der Waals surface area (Å²) in [5, 5.41) is 0.866. The van der Waals surface area contributed by atoms with Gasteiger partial charge in [-0.3, -0.25) is 9.78 Å². The average molecular weight is 341 g/mol. The topological polar surface area (TPSA) is 81.3 Å². The van der Waals surface area contributed by atoms with E-state index in [1.165, 1.54) is 0 Å². The van der Waals surface area contributed by atoms with Crippen molar-refractivity contribution < 1.29 is 9.53 Å². The highest BCUT2D eigenvalue weighted by molar-refractivity contribution is 6.42. The van der Waals surface area contributed by atoms with Crippen LogP contribution in [0.25, 0.3) is 11.0 Å². The highest BCUT2D eigenvalue weighted by Gasteiger charge is 2.26. The molecule has 1 unspecified atom stereocenters. The maximum atomic E-state index is 11.2. The number of primary amides is 1. The average Bonchev–Trinajstić information content (AvgIpc) is 2.48. The fraction of sp³-hybridized carbons (Fsp3) is 0.357. The molecule has 3 rings (SSSR count). The van der Waals surface area contributed by atoms with Crippen LogP contribution < -0.4 is 10.6 Å². The van der Waals surface area contributed by atoms with Crippen molar-refractivity contribution in [2.45, 2.75) is 12.5 Å². The van der Waals surface area contributed by atoms with Crippen molar-refractivity contribution >= 4 is 46.0 Å². The third-order valence-electron chi connectivity index (χ3n) is 3.53. The van der Waals surface area contributed by atoms with Gasteiger partial charge in [-0.1, -0.05) is 23.2 Å². The molecule has 0 radical (unpaired) electrons. The summed E-state index contributed by atoms with van der Waals surface area (Å²) in [5.74, 6) is 0.296. The Kier molecular flexibility index (Phi) is 4.33. The van der Waals surface area contributed by atoms with Crippen LogP contribution in [0.4, 0.5) is 5.82 Å². The zero-order valence-electron chi connectivity index (χ0n) is 11.6. The van der Waals surface area contributed by atoms with Crippen LogP contribution in [-0.4, -0.2) is 41.7 Å². The Morgan fingerprint density at radius 1 is 1.36 bits per heavy atom. The quantitative estimate of drug-likeness (QED) is 0.924. The molecule has 2 heterocycles. The first-order chi connectivity index (χ1) is 10.5. The van der Waals surface area contributed by atoms with E-state index in [-0.39, 0.29) is 18.4 Å². The van der Waals surface area contributed by atoms with Crippen molar-refractivity contribution in [3.8, 4) is 0 Å². The molecule has 1 aromatic heterocycles. The van der Waals surface area contributed by atoms with Gasteiger partial charge in [-0.25, -0.2) is 4.98 Å². The van der Waals surface area contributed by atoms with Crippen molar-refractivity contribution in [2.24, 2.45) is 5.73 Å². The molecule has 2 aromatic rings. The first-order valence-corrected chi connectivity index (χ1v) is 7.54. The van der Waals surface area contributed by atoms with Gasteiger partial charge in [0.15, 0.2) is 0 Å². The molecular formula is C14H14Cl2N4O2. The molecule has 1 aliphatic heterocycles. The maximum absolute atomic E-state index is 11.2. The van der Waals surface area contributed by atoms with Gasteiger partial charge in [-0.15, -0.1) is 0 Å². The number of amides is 1. The van der Waals surface area contributed by atoms with E-state index in [0.717, 1.165) is 0 Å². The third kappa shape index (κ3) is 3.09. The lowest BCUT2D eigenvalue weighted by atomic mass is 10.1. The normalized spacial score (nSPS) is 18.6. The number of fused-ring (bicyclic) bond motifs is 1. The number of ether oxygens (including phenoxy) is 1. The van der Waals surface area contributed by atoms with E-state index in [0.29, 0.717) is 46.7 Å². The van der Waals surface area contributed by atoms with E-state index in [1.54, 1.807) is 18.3 Å². The molecule has 1 saturated heterocycles. The SMILES string of the molecule is NC(=O)CC1COCCN1c1cnc2cc(Cl)c(Cl)cc2n1. The Morgan fingerprint density at radius 2 is 2.09 bits per heavy atom. The molecule has 22 heavy (non-hydrogen) atoms. The largest absolute Gasteiger partial charge is 0.377 e. The van der Waals surface area contributed by atoms with E-state index in [4.69, 9.17) is 33.7 Å². The van der Waals surface area contributed by atoms with Crippen molar-refractivity contribution in [2.75, 3.05) is 24.7 Å². The minimum absolute atomic E-state index is 0.138. The van der Waals surface area contributed by atoms with Gasteiger partial charge >= 0.3 is 0 Å². The molecule has 0 spiro atoms. The first kappa shape index (κ1) is 15.3. The number of morpholine rings is 1.